The summed E-state index contributed by atoms with van der Waals surface area (Å²) in [6, 6.07) is 3.07. The SMILES string of the molecule is OC(C1=CCCO1)c1ccc(F)cc1F. The number of rotatable bonds is 2. The van der Waals surface area contributed by atoms with Crippen LogP contribution in [0.15, 0.2) is 30.0 Å². The first-order valence-corrected chi connectivity index (χ1v) is 4.64. The highest BCUT2D eigenvalue weighted by atomic mass is 19.1. The second-order valence-electron chi connectivity index (χ2n) is 3.31. The summed E-state index contributed by atoms with van der Waals surface area (Å²) in [5.74, 6) is -1.09. The monoisotopic (exact) mass is 212 g/mol. The highest BCUT2D eigenvalue weighted by Gasteiger charge is 2.21. The van der Waals surface area contributed by atoms with Gasteiger partial charge in [-0.05, 0) is 12.1 Å². The minimum absolute atomic E-state index is 0.0320. The average Bonchev–Trinajstić information content (AvgIpc) is 2.69. The van der Waals surface area contributed by atoms with Gasteiger partial charge in [0.15, 0.2) is 0 Å². The zero-order valence-corrected chi connectivity index (χ0v) is 7.91. The molecule has 0 saturated heterocycles. The van der Waals surface area contributed by atoms with Crippen LogP contribution in [-0.4, -0.2) is 11.7 Å². The third kappa shape index (κ3) is 1.99. The van der Waals surface area contributed by atoms with Gasteiger partial charge >= 0.3 is 0 Å². The van der Waals surface area contributed by atoms with Gasteiger partial charge in [0.2, 0.25) is 0 Å². The van der Waals surface area contributed by atoms with Crippen molar-refractivity contribution in [1.82, 2.24) is 0 Å². The number of halogens is 2. The summed E-state index contributed by atoms with van der Waals surface area (Å²) in [7, 11) is 0. The lowest BCUT2D eigenvalue weighted by atomic mass is 10.1. The smallest absolute Gasteiger partial charge is 0.138 e. The molecule has 1 N–H and O–H groups in total. The van der Waals surface area contributed by atoms with E-state index in [2.05, 4.69) is 0 Å². The molecule has 0 amide bonds. The van der Waals surface area contributed by atoms with Crippen LogP contribution >= 0.6 is 0 Å². The summed E-state index contributed by atoms with van der Waals surface area (Å²) in [6.07, 6.45) is 1.26. The van der Waals surface area contributed by atoms with E-state index < -0.39 is 17.7 Å². The summed E-state index contributed by atoms with van der Waals surface area (Å²) in [5, 5.41) is 9.74. The van der Waals surface area contributed by atoms with Gasteiger partial charge in [-0.2, -0.15) is 0 Å². The van der Waals surface area contributed by atoms with E-state index in [0.29, 0.717) is 18.8 Å². The standard InChI is InChI=1S/C11H10F2O2/c12-7-3-4-8(9(13)6-7)11(14)10-2-1-5-15-10/h2-4,6,11,14H,1,5H2. The lowest BCUT2D eigenvalue weighted by molar-refractivity contribution is 0.116. The third-order valence-corrected chi connectivity index (χ3v) is 2.26. The maximum absolute atomic E-state index is 13.3. The first-order valence-electron chi connectivity index (χ1n) is 4.64. The molecule has 1 heterocycles. The van der Waals surface area contributed by atoms with Gasteiger partial charge in [-0.1, -0.05) is 6.07 Å². The maximum atomic E-state index is 13.3. The fourth-order valence-electron chi connectivity index (χ4n) is 1.50. The summed E-state index contributed by atoms with van der Waals surface area (Å²) in [4.78, 5) is 0. The number of hydrogen-bond donors (Lipinski definition) is 1. The molecule has 1 aliphatic heterocycles. The molecule has 1 atom stereocenters. The van der Waals surface area contributed by atoms with Crippen LogP contribution in [0, 0.1) is 11.6 Å². The summed E-state index contributed by atoms with van der Waals surface area (Å²) >= 11 is 0. The molecule has 4 heteroatoms. The van der Waals surface area contributed by atoms with Crippen molar-refractivity contribution in [2.24, 2.45) is 0 Å². The largest absolute Gasteiger partial charge is 0.495 e. The zero-order valence-electron chi connectivity index (χ0n) is 7.91. The van der Waals surface area contributed by atoms with Crippen molar-refractivity contribution in [1.29, 1.82) is 0 Å². The molecule has 15 heavy (non-hydrogen) atoms. The molecule has 80 valence electrons. The minimum Gasteiger partial charge on any atom is -0.495 e. The average molecular weight is 212 g/mol. The first kappa shape index (κ1) is 10.1. The van der Waals surface area contributed by atoms with Crippen LogP contribution in [-0.2, 0) is 4.74 Å². The van der Waals surface area contributed by atoms with Gasteiger partial charge < -0.3 is 9.84 Å². The lowest BCUT2D eigenvalue weighted by Gasteiger charge is -2.13. The number of ether oxygens (including phenoxy) is 1. The second kappa shape index (κ2) is 3.98. The Kier molecular flexibility index (Phi) is 2.68. The van der Waals surface area contributed by atoms with Gasteiger partial charge in [0, 0.05) is 18.1 Å². The Bertz CT molecular complexity index is 402. The second-order valence-corrected chi connectivity index (χ2v) is 3.31. The van der Waals surface area contributed by atoms with Crippen LogP contribution in [0.3, 0.4) is 0 Å². The fraction of sp³-hybridized carbons (Fsp3) is 0.273. The predicted octanol–water partition coefficient (Wildman–Crippen LogP) is 2.30. The van der Waals surface area contributed by atoms with Gasteiger partial charge in [-0.25, -0.2) is 8.78 Å². The molecule has 2 rings (SSSR count). The van der Waals surface area contributed by atoms with Crippen molar-refractivity contribution >= 4 is 0 Å². The predicted molar refractivity (Wildman–Crippen MR) is 50.0 cm³/mol. The minimum atomic E-state index is -1.15. The van der Waals surface area contributed by atoms with E-state index in [1.807, 2.05) is 0 Å². The van der Waals surface area contributed by atoms with Crippen molar-refractivity contribution in [3.63, 3.8) is 0 Å². The van der Waals surface area contributed by atoms with Crippen LogP contribution in [0.4, 0.5) is 8.78 Å². The molecule has 0 saturated carbocycles. The quantitative estimate of drug-likeness (QED) is 0.815. The van der Waals surface area contributed by atoms with Crippen molar-refractivity contribution in [3.05, 3.63) is 47.2 Å². The number of aliphatic hydroxyl groups excluding tert-OH is 1. The van der Waals surface area contributed by atoms with Gasteiger partial charge in [-0.3, -0.25) is 0 Å². The normalized spacial score (nSPS) is 17.1. The first-order chi connectivity index (χ1) is 7.18. The van der Waals surface area contributed by atoms with E-state index in [0.717, 1.165) is 12.1 Å². The topological polar surface area (TPSA) is 29.5 Å². The molecular formula is C11H10F2O2. The third-order valence-electron chi connectivity index (χ3n) is 2.26. The summed E-state index contributed by atoms with van der Waals surface area (Å²) < 4.78 is 31.0. The van der Waals surface area contributed by atoms with E-state index in [1.54, 1.807) is 6.08 Å². The van der Waals surface area contributed by atoms with Crippen molar-refractivity contribution < 1.29 is 18.6 Å². The Morgan fingerprint density at radius 1 is 1.33 bits per heavy atom. The number of benzene rings is 1. The van der Waals surface area contributed by atoms with Gasteiger partial charge in [0.25, 0.3) is 0 Å². The molecule has 1 aromatic carbocycles. The highest BCUT2D eigenvalue weighted by molar-refractivity contribution is 5.26. The van der Waals surface area contributed by atoms with E-state index in [4.69, 9.17) is 4.74 Å². The molecule has 0 spiro atoms. The molecule has 0 bridgehead atoms. The molecule has 0 aromatic heterocycles. The van der Waals surface area contributed by atoms with Crippen LogP contribution in [0.5, 0.6) is 0 Å². The van der Waals surface area contributed by atoms with Crippen LogP contribution in [0.1, 0.15) is 18.1 Å². The molecule has 0 radical (unpaired) electrons. The Hall–Kier alpha value is -1.42. The Labute approximate surface area is 85.8 Å². The Balaban J connectivity index is 2.28. The highest BCUT2D eigenvalue weighted by Crippen LogP contribution is 2.28. The Morgan fingerprint density at radius 2 is 2.13 bits per heavy atom. The van der Waals surface area contributed by atoms with Crippen LogP contribution in [0.2, 0.25) is 0 Å². The fourth-order valence-corrected chi connectivity index (χ4v) is 1.50. The van der Waals surface area contributed by atoms with E-state index in [1.165, 1.54) is 6.07 Å². The summed E-state index contributed by atoms with van der Waals surface area (Å²) in [5.41, 5.74) is 0.0320. The van der Waals surface area contributed by atoms with Crippen molar-refractivity contribution in [2.45, 2.75) is 12.5 Å². The van der Waals surface area contributed by atoms with Gasteiger partial charge in [0.1, 0.15) is 23.5 Å². The van der Waals surface area contributed by atoms with E-state index >= 15 is 0 Å². The molecule has 0 aliphatic carbocycles. The Morgan fingerprint density at radius 3 is 2.73 bits per heavy atom. The molecule has 1 unspecified atom stereocenters. The van der Waals surface area contributed by atoms with E-state index in [-0.39, 0.29) is 5.56 Å². The van der Waals surface area contributed by atoms with Crippen molar-refractivity contribution in [2.75, 3.05) is 6.61 Å². The van der Waals surface area contributed by atoms with Crippen LogP contribution < -0.4 is 0 Å². The van der Waals surface area contributed by atoms with Gasteiger partial charge in [0.05, 0.1) is 6.61 Å². The molecule has 1 aromatic rings. The van der Waals surface area contributed by atoms with E-state index in [9.17, 15) is 13.9 Å². The summed E-state index contributed by atoms with van der Waals surface area (Å²) in [6.45, 7) is 0.495. The van der Waals surface area contributed by atoms with Crippen LogP contribution in [0.25, 0.3) is 0 Å². The maximum Gasteiger partial charge on any atom is 0.138 e. The van der Waals surface area contributed by atoms with Crippen molar-refractivity contribution in [3.8, 4) is 0 Å². The molecular weight excluding hydrogens is 202 g/mol. The van der Waals surface area contributed by atoms with Gasteiger partial charge in [-0.15, -0.1) is 0 Å². The molecule has 1 aliphatic rings. The zero-order chi connectivity index (χ0) is 10.8. The number of hydrogen-bond acceptors (Lipinski definition) is 2. The number of aliphatic hydroxyl groups is 1. The molecule has 0 fully saturated rings. The lowest BCUT2D eigenvalue weighted by Crippen LogP contribution is -2.05. The molecule has 2 nitrogen and oxygen atoms in total.